The van der Waals surface area contributed by atoms with Gasteiger partial charge in [0.15, 0.2) is 5.69 Å². The molecule has 0 spiro atoms. The molecule has 0 saturated heterocycles. The van der Waals surface area contributed by atoms with Crippen molar-refractivity contribution >= 4 is 39.9 Å². The number of hydrogen-bond acceptors (Lipinski definition) is 2. The lowest BCUT2D eigenvalue weighted by Gasteiger charge is -2.06. The van der Waals surface area contributed by atoms with Crippen molar-refractivity contribution in [2.75, 3.05) is 0 Å². The van der Waals surface area contributed by atoms with Crippen molar-refractivity contribution < 1.29 is 9.90 Å². The monoisotopic (exact) mass is 255 g/mol. The number of fused-ring (bicyclic) bond motifs is 1. The third kappa shape index (κ3) is 1.72. The molecule has 0 saturated carbocycles. The van der Waals surface area contributed by atoms with Crippen LogP contribution in [0.2, 0.25) is 10.2 Å². The van der Waals surface area contributed by atoms with Gasteiger partial charge in [-0.05, 0) is 24.6 Å². The quantitative estimate of drug-likeness (QED) is 0.793. The number of carboxylic acids is 1. The summed E-state index contributed by atoms with van der Waals surface area (Å²) in [6.07, 6.45) is 0. The van der Waals surface area contributed by atoms with Gasteiger partial charge in [-0.25, -0.2) is 9.78 Å². The minimum atomic E-state index is -1.12. The highest BCUT2D eigenvalue weighted by atomic mass is 35.5. The zero-order chi connectivity index (χ0) is 11.9. The maximum atomic E-state index is 10.8. The molecular formula is C11H7Cl2NO2. The van der Waals surface area contributed by atoms with Gasteiger partial charge in [-0.1, -0.05) is 29.3 Å². The van der Waals surface area contributed by atoms with Crippen molar-refractivity contribution in [3.63, 3.8) is 0 Å². The first kappa shape index (κ1) is 11.2. The number of carbonyl (C=O) groups is 1. The average Bonchev–Trinajstić information content (AvgIpc) is 2.22. The molecule has 16 heavy (non-hydrogen) atoms. The summed E-state index contributed by atoms with van der Waals surface area (Å²) in [5.41, 5.74) is 0.804. The molecule has 1 heterocycles. The van der Waals surface area contributed by atoms with Crippen molar-refractivity contribution in [1.29, 1.82) is 0 Å². The number of hydrogen-bond donors (Lipinski definition) is 1. The number of carboxylic acid groups (broad SMARTS) is 1. The Morgan fingerprint density at radius 1 is 1.38 bits per heavy atom. The number of rotatable bonds is 1. The first-order valence-corrected chi connectivity index (χ1v) is 5.25. The predicted octanol–water partition coefficient (Wildman–Crippen LogP) is 3.55. The van der Waals surface area contributed by atoms with Gasteiger partial charge in [0.25, 0.3) is 0 Å². The van der Waals surface area contributed by atoms with E-state index < -0.39 is 5.97 Å². The standard InChI is InChI=1S/C11H7Cl2NO2/c1-5-2-3-7(12)6-4-8(11(15)16)14-10(13)9(5)6/h2-4H,1H3,(H,15,16). The van der Waals surface area contributed by atoms with E-state index in [1.165, 1.54) is 6.07 Å². The smallest absolute Gasteiger partial charge is 0.354 e. The van der Waals surface area contributed by atoms with E-state index in [1.807, 2.05) is 13.0 Å². The molecule has 0 unspecified atom stereocenters. The van der Waals surface area contributed by atoms with Crippen LogP contribution in [0.5, 0.6) is 0 Å². The SMILES string of the molecule is Cc1ccc(Cl)c2cc(C(=O)O)nc(Cl)c12. The van der Waals surface area contributed by atoms with Gasteiger partial charge >= 0.3 is 5.97 Å². The minimum Gasteiger partial charge on any atom is -0.477 e. The third-order valence-electron chi connectivity index (χ3n) is 2.33. The van der Waals surface area contributed by atoms with Gasteiger partial charge in [-0.15, -0.1) is 0 Å². The van der Waals surface area contributed by atoms with Crippen molar-refractivity contribution in [1.82, 2.24) is 4.98 Å². The van der Waals surface area contributed by atoms with Crippen LogP contribution in [0.1, 0.15) is 16.1 Å². The van der Waals surface area contributed by atoms with Gasteiger partial charge in [0.05, 0.1) is 0 Å². The van der Waals surface area contributed by atoms with Crippen LogP contribution in [0.25, 0.3) is 10.8 Å². The molecule has 0 aliphatic rings. The highest BCUT2D eigenvalue weighted by molar-refractivity contribution is 6.39. The lowest BCUT2D eigenvalue weighted by atomic mass is 10.1. The molecule has 0 radical (unpaired) electrons. The molecule has 1 N–H and O–H groups in total. The summed E-state index contributed by atoms with van der Waals surface area (Å²) in [6, 6.07) is 4.96. The molecule has 0 fully saturated rings. The molecule has 1 aromatic heterocycles. The van der Waals surface area contributed by atoms with Gasteiger partial charge in [-0.3, -0.25) is 0 Å². The van der Waals surface area contributed by atoms with Crippen LogP contribution < -0.4 is 0 Å². The van der Waals surface area contributed by atoms with E-state index in [0.717, 1.165) is 5.56 Å². The summed E-state index contributed by atoms with van der Waals surface area (Å²) in [7, 11) is 0. The molecule has 0 bridgehead atoms. The fourth-order valence-electron chi connectivity index (χ4n) is 1.56. The molecule has 82 valence electrons. The zero-order valence-electron chi connectivity index (χ0n) is 8.29. The number of aryl methyl sites for hydroxylation is 1. The zero-order valence-corrected chi connectivity index (χ0v) is 9.80. The molecule has 0 aliphatic carbocycles. The van der Waals surface area contributed by atoms with Crippen molar-refractivity contribution in [3.8, 4) is 0 Å². The van der Waals surface area contributed by atoms with Crippen molar-refractivity contribution in [2.24, 2.45) is 0 Å². The van der Waals surface area contributed by atoms with Gasteiger partial charge in [0, 0.05) is 15.8 Å². The molecule has 2 rings (SSSR count). The van der Waals surface area contributed by atoms with Crippen LogP contribution in [-0.4, -0.2) is 16.1 Å². The van der Waals surface area contributed by atoms with Gasteiger partial charge < -0.3 is 5.11 Å². The molecule has 3 nitrogen and oxygen atoms in total. The minimum absolute atomic E-state index is 0.106. The van der Waals surface area contributed by atoms with Crippen LogP contribution in [0.4, 0.5) is 0 Å². The Morgan fingerprint density at radius 2 is 2.06 bits per heavy atom. The fraction of sp³-hybridized carbons (Fsp3) is 0.0909. The van der Waals surface area contributed by atoms with Gasteiger partial charge in [-0.2, -0.15) is 0 Å². The van der Waals surface area contributed by atoms with Gasteiger partial charge in [0.1, 0.15) is 5.15 Å². The molecule has 0 amide bonds. The van der Waals surface area contributed by atoms with Crippen LogP contribution >= 0.6 is 23.2 Å². The van der Waals surface area contributed by atoms with Gasteiger partial charge in [0.2, 0.25) is 0 Å². The summed E-state index contributed by atoms with van der Waals surface area (Å²) in [6.45, 7) is 1.87. The summed E-state index contributed by atoms with van der Waals surface area (Å²) in [5.74, 6) is -1.12. The normalized spacial score (nSPS) is 10.7. The summed E-state index contributed by atoms with van der Waals surface area (Å²) >= 11 is 11.9. The Hall–Kier alpha value is -1.32. The lowest BCUT2D eigenvalue weighted by Crippen LogP contribution is -2.01. The Kier molecular flexibility index (Phi) is 2.74. The summed E-state index contributed by atoms with van der Waals surface area (Å²) in [4.78, 5) is 14.6. The van der Waals surface area contributed by atoms with Crippen LogP contribution in [0.3, 0.4) is 0 Å². The number of aromatic carboxylic acids is 1. The molecule has 1 aromatic carbocycles. The van der Waals surface area contributed by atoms with E-state index >= 15 is 0 Å². The van der Waals surface area contributed by atoms with Crippen molar-refractivity contribution in [2.45, 2.75) is 6.92 Å². The summed E-state index contributed by atoms with van der Waals surface area (Å²) in [5, 5.41) is 10.8. The maximum absolute atomic E-state index is 10.8. The predicted molar refractivity (Wildman–Crippen MR) is 63.5 cm³/mol. The van der Waals surface area contributed by atoms with Crippen LogP contribution in [0, 0.1) is 6.92 Å². The second-order valence-corrected chi connectivity index (χ2v) is 4.16. The lowest BCUT2D eigenvalue weighted by molar-refractivity contribution is 0.0690. The number of pyridine rings is 1. The summed E-state index contributed by atoms with van der Waals surface area (Å²) < 4.78 is 0. The highest BCUT2D eigenvalue weighted by Crippen LogP contribution is 2.31. The second kappa shape index (κ2) is 3.92. The van der Waals surface area contributed by atoms with Crippen LogP contribution in [-0.2, 0) is 0 Å². The third-order valence-corrected chi connectivity index (χ3v) is 2.93. The van der Waals surface area contributed by atoms with E-state index in [9.17, 15) is 4.79 Å². The molecule has 0 aliphatic heterocycles. The van der Waals surface area contributed by atoms with E-state index in [4.69, 9.17) is 28.3 Å². The van der Waals surface area contributed by atoms with Crippen molar-refractivity contribution in [3.05, 3.63) is 39.6 Å². The molecule has 5 heteroatoms. The Morgan fingerprint density at radius 3 is 2.69 bits per heavy atom. The number of aromatic nitrogens is 1. The first-order chi connectivity index (χ1) is 7.50. The van der Waals surface area contributed by atoms with E-state index in [1.54, 1.807) is 6.07 Å². The number of benzene rings is 1. The maximum Gasteiger partial charge on any atom is 0.354 e. The highest BCUT2D eigenvalue weighted by Gasteiger charge is 2.13. The Balaban J connectivity index is 2.92. The molecule has 0 atom stereocenters. The average molecular weight is 256 g/mol. The topological polar surface area (TPSA) is 50.2 Å². The van der Waals surface area contributed by atoms with E-state index in [-0.39, 0.29) is 10.8 Å². The number of halogens is 2. The van der Waals surface area contributed by atoms with E-state index in [2.05, 4.69) is 4.98 Å². The Bertz CT molecular complexity index is 596. The molecular weight excluding hydrogens is 249 g/mol. The molecule has 2 aromatic rings. The Labute approximate surface area is 102 Å². The van der Waals surface area contributed by atoms with E-state index in [0.29, 0.717) is 15.8 Å². The van der Waals surface area contributed by atoms with Crippen LogP contribution in [0.15, 0.2) is 18.2 Å². The largest absolute Gasteiger partial charge is 0.477 e. The number of nitrogens with zero attached hydrogens (tertiary/aromatic N) is 1. The first-order valence-electron chi connectivity index (χ1n) is 4.49. The second-order valence-electron chi connectivity index (χ2n) is 3.39. The fourth-order valence-corrected chi connectivity index (χ4v) is 2.11.